The van der Waals surface area contributed by atoms with E-state index in [2.05, 4.69) is 4.74 Å². The number of carbonyl (C=O) groups is 2. The maximum atomic E-state index is 12.8. The number of carbonyl (C=O) groups excluding carboxylic acids is 2. The van der Waals surface area contributed by atoms with Gasteiger partial charge in [-0.05, 0) is 12.1 Å². The summed E-state index contributed by atoms with van der Waals surface area (Å²) in [5, 5.41) is 0. The largest absolute Gasteiger partial charge is 0.469 e. The highest BCUT2D eigenvalue weighted by molar-refractivity contribution is 5.97. The van der Waals surface area contributed by atoms with E-state index in [4.69, 9.17) is 0 Å². The number of benzene rings is 1. The van der Waals surface area contributed by atoms with E-state index in [1.807, 2.05) is 0 Å². The third-order valence-corrected chi connectivity index (χ3v) is 2.24. The van der Waals surface area contributed by atoms with E-state index >= 15 is 0 Å². The second-order valence-corrected chi connectivity index (χ2v) is 3.56. The molecule has 1 unspecified atom stereocenters. The van der Waals surface area contributed by atoms with Crippen molar-refractivity contribution in [1.82, 2.24) is 0 Å². The van der Waals surface area contributed by atoms with E-state index in [0.717, 1.165) is 6.07 Å². The van der Waals surface area contributed by atoms with E-state index in [1.54, 1.807) is 6.92 Å². The molecule has 1 atom stereocenters. The molecule has 3 nitrogen and oxygen atoms in total. The molecule has 86 valence electrons. The van der Waals surface area contributed by atoms with Crippen LogP contribution in [-0.4, -0.2) is 18.9 Å². The molecule has 0 aromatic heterocycles. The van der Waals surface area contributed by atoms with Crippen molar-refractivity contribution in [3.63, 3.8) is 0 Å². The highest BCUT2D eigenvalue weighted by Gasteiger charge is 2.18. The molecule has 4 heteroatoms. The fourth-order valence-electron chi connectivity index (χ4n) is 1.34. The zero-order valence-corrected chi connectivity index (χ0v) is 9.20. The third kappa shape index (κ3) is 3.15. The molecule has 16 heavy (non-hydrogen) atoms. The van der Waals surface area contributed by atoms with E-state index in [1.165, 1.54) is 25.3 Å². The number of esters is 1. The number of hydrogen-bond acceptors (Lipinski definition) is 3. The van der Waals surface area contributed by atoms with E-state index < -0.39 is 17.7 Å². The molecule has 0 aliphatic heterocycles. The fraction of sp³-hybridized carbons (Fsp3) is 0.333. The monoisotopic (exact) mass is 224 g/mol. The summed E-state index contributed by atoms with van der Waals surface area (Å²) in [6.07, 6.45) is 0.0239. The lowest BCUT2D eigenvalue weighted by atomic mass is 10.00. The first-order chi connectivity index (χ1) is 7.54. The zero-order valence-electron chi connectivity index (χ0n) is 9.20. The van der Waals surface area contributed by atoms with Crippen molar-refractivity contribution in [3.05, 3.63) is 35.6 Å². The van der Waals surface area contributed by atoms with Gasteiger partial charge in [-0.2, -0.15) is 0 Å². The molecule has 1 aromatic rings. The van der Waals surface area contributed by atoms with E-state index in [0.29, 0.717) is 0 Å². The number of ketones is 1. The molecule has 0 saturated heterocycles. The minimum atomic E-state index is -0.513. The molecule has 0 fully saturated rings. The van der Waals surface area contributed by atoms with E-state index in [-0.39, 0.29) is 17.8 Å². The summed E-state index contributed by atoms with van der Waals surface area (Å²) < 4.78 is 17.4. The lowest BCUT2D eigenvalue weighted by Crippen LogP contribution is -2.16. The second-order valence-electron chi connectivity index (χ2n) is 3.56. The molecule has 0 radical (unpaired) electrons. The maximum Gasteiger partial charge on any atom is 0.308 e. The molecule has 0 saturated carbocycles. The number of ether oxygens (including phenoxy) is 1. The Morgan fingerprint density at radius 3 is 2.69 bits per heavy atom. The van der Waals surface area contributed by atoms with Crippen LogP contribution in [0.3, 0.4) is 0 Å². The Balaban J connectivity index is 2.69. The highest BCUT2D eigenvalue weighted by atomic mass is 19.1. The molecule has 0 aliphatic rings. The summed E-state index contributed by atoms with van der Waals surface area (Å²) in [5.41, 5.74) is 0.274. The standard InChI is InChI=1S/C12H13FO3/c1-8(12(15)16-2)6-11(14)9-4-3-5-10(13)7-9/h3-5,7-8H,6H2,1-2H3. The van der Waals surface area contributed by atoms with Crippen molar-refractivity contribution in [2.75, 3.05) is 7.11 Å². The van der Waals surface area contributed by atoms with Gasteiger partial charge in [0.05, 0.1) is 13.0 Å². The Morgan fingerprint density at radius 2 is 2.12 bits per heavy atom. The van der Waals surface area contributed by atoms with Gasteiger partial charge in [0.2, 0.25) is 0 Å². The minimum Gasteiger partial charge on any atom is -0.469 e. The summed E-state index contributed by atoms with van der Waals surface area (Å²) in [7, 11) is 1.27. The van der Waals surface area contributed by atoms with Crippen LogP contribution in [0.5, 0.6) is 0 Å². The third-order valence-electron chi connectivity index (χ3n) is 2.24. The van der Waals surface area contributed by atoms with Crippen LogP contribution in [0, 0.1) is 11.7 Å². The van der Waals surface area contributed by atoms with Crippen LogP contribution in [0.15, 0.2) is 24.3 Å². The Kier molecular flexibility index (Phi) is 4.17. The molecular weight excluding hydrogens is 211 g/mol. The van der Waals surface area contributed by atoms with Gasteiger partial charge < -0.3 is 4.74 Å². The van der Waals surface area contributed by atoms with Gasteiger partial charge in [0, 0.05) is 12.0 Å². The lowest BCUT2D eigenvalue weighted by Gasteiger charge is -2.07. The summed E-state index contributed by atoms with van der Waals surface area (Å²) in [6.45, 7) is 1.60. The molecule has 1 aromatic carbocycles. The first-order valence-electron chi connectivity index (χ1n) is 4.91. The van der Waals surface area contributed by atoms with Crippen molar-refractivity contribution in [1.29, 1.82) is 0 Å². The van der Waals surface area contributed by atoms with Crippen molar-refractivity contribution >= 4 is 11.8 Å². The zero-order chi connectivity index (χ0) is 12.1. The molecular formula is C12H13FO3. The van der Waals surface area contributed by atoms with Gasteiger partial charge in [0.1, 0.15) is 5.82 Å². The molecule has 0 bridgehead atoms. The number of halogens is 1. The summed E-state index contributed by atoms with van der Waals surface area (Å²) in [4.78, 5) is 22.8. The SMILES string of the molecule is COC(=O)C(C)CC(=O)c1cccc(F)c1. The van der Waals surface area contributed by atoms with E-state index in [9.17, 15) is 14.0 Å². The van der Waals surface area contributed by atoms with Crippen LogP contribution in [-0.2, 0) is 9.53 Å². The first kappa shape index (κ1) is 12.4. The van der Waals surface area contributed by atoms with Gasteiger partial charge in [0.25, 0.3) is 0 Å². The summed E-state index contributed by atoms with van der Waals surface area (Å²) in [6, 6.07) is 5.41. The number of Topliss-reactive ketones (excluding diaryl/α,β-unsaturated/α-hetero) is 1. The fourth-order valence-corrected chi connectivity index (χ4v) is 1.34. The van der Waals surface area contributed by atoms with Gasteiger partial charge in [0.15, 0.2) is 5.78 Å². The molecule has 0 amide bonds. The Hall–Kier alpha value is -1.71. The Bertz CT molecular complexity index is 401. The minimum absolute atomic E-state index is 0.0239. The van der Waals surface area contributed by atoms with Crippen LogP contribution in [0.2, 0.25) is 0 Å². The quantitative estimate of drug-likeness (QED) is 0.581. The second kappa shape index (κ2) is 5.39. The molecule has 0 heterocycles. The smallest absolute Gasteiger partial charge is 0.308 e. The Labute approximate surface area is 93.2 Å². The predicted molar refractivity (Wildman–Crippen MR) is 56.5 cm³/mol. The van der Waals surface area contributed by atoms with Gasteiger partial charge >= 0.3 is 5.97 Å². The van der Waals surface area contributed by atoms with Crippen LogP contribution in [0.25, 0.3) is 0 Å². The van der Waals surface area contributed by atoms with Crippen molar-refractivity contribution in [2.45, 2.75) is 13.3 Å². The van der Waals surface area contributed by atoms with Gasteiger partial charge in [-0.1, -0.05) is 19.1 Å². The lowest BCUT2D eigenvalue weighted by molar-refractivity contribution is -0.144. The van der Waals surface area contributed by atoms with Crippen molar-refractivity contribution in [3.8, 4) is 0 Å². The first-order valence-corrected chi connectivity index (χ1v) is 4.91. The van der Waals surface area contributed by atoms with Crippen LogP contribution < -0.4 is 0 Å². The summed E-state index contributed by atoms with van der Waals surface area (Å²) in [5.74, 6) is -1.68. The topological polar surface area (TPSA) is 43.4 Å². The molecule has 1 rings (SSSR count). The van der Waals surface area contributed by atoms with Gasteiger partial charge in [-0.15, -0.1) is 0 Å². The van der Waals surface area contributed by atoms with Crippen molar-refractivity contribution < 1.29 is 18.7 Å². The predicted octanol–water partition coefficient (Wildman–Crippen LogP) is 2.21. The van der Waals surface area contributed by atoms with Crippen LogP contribution in [0.4, 0.5) is 4.39 Å². The highest BCUT2D eigenvalue weighted by Crippen LogP contribution is 2.12. The average Bonchev–Trinajstić information content (AvgIpc) is 2.27. The van der Waals surface area contributed by atoms with Gasteiger partial charge in [-0.25, -0.2) is 4.39 Å². The van der Waals surface area contributed by atoms with Crippen LogP contribution >= 0.6 is 0 Å². The maximum absolute atomic E-state index is 12.8. The number of hydrogen-bond donors (Lipinski definition) is 0. The number of methoxy groups -OCH3 is 1. The molecule has 0 spiro atoms. The number of rotatable bonds is 4. The van der Waals surface area contributed by atoms with Crippen molar-refractivity contribution in [2.24, 2.45) is 5.92 Å². The van der Waals surface area contributed by atoms with Gasteiger partial charge in [-0.3, -0.25) is 9.59 Å². The summed E-state index contributed by atoms with van der Waals surface area (Å²) >= 11 is 0. The molecule has 0 aliphatic carbocycles. The van der Waals surface area contributed by atoms with Crippen LogP contribution in [0.1, 0.15) is 23.7 Å². The Morgan fingerprint density at radius 1 is 1.44 bits per heavy atom. The molecule has 0 N–H and O–H groups in total. The normalized spacial score (nSPS) is 11.9. The average molecular weight is 224 g/mol.